The van der Waals surface area contributed by atoms with Gasteiger partial charge >= 0.3 is 5.97 Å². The zero-order chi connectivity index (χ0) is 12.3. The highest BCUT2D eigenvalue weighted by atomic mass is 79.9. The van der Waals surface area contributed by atoms with Gasteiger partial charge < -0.3 is 4.74 Å². The Kier molecular flexibility index (Phi) is 3.90. The van der Waals surface area contributed by atoms with Crippen molar-refractivity contribution in [3.05, 3.63) is 27.5 Å². The maximum absolute atomic E-state index is 12.6. The topological polar surface area (TPSA) is 63.0 Å². The number of hydrogen-bond donors (Lipinski definition) is 0. The van der Waals surface area contributed by atoms with Gasteiger partial charge in [0.2, 0.25) is 0 Å². The van der Waals surface area contributed by atoms with Gasteiger partial charge in [0.25, 0.3) is 6.43 Å². The molecule has 0 aromatic carbocycles. The van der Waals surface area contributed by atoms with Crippen molar-refractivity contribution in [1.29, 1.82) is 5.26 Å². The zero-order valence-corrected chi connectivity index (χ0v) is 9.59. The van der Waals surface area contributed by atoms with Gasteiger partial charge in [-0.05, 0) is 22.0 Å². The maximum atomic E-state index is 12.6. The molecule has 0 radical (unpaired) electrons. The summed E-state index contributed by atoms with van der Waals surface area (Å²) in [6.07, 6.45) is -2.86. The van der Waals surface area contributed by atoms with E-state index in [0.29, 0.717) is 0 Å². The Morgan fingerprint density at radius 3 is 2.75 bits per heavy atom. The van der Waals surface area contributed by atoms with Gasteiger partial charge in [0.1, 0.15) is 16.4 Å². The fraction of sp³-hybridized carbons (Fsp3) is 0.222. The first-order valence-electron chi connectivity index (χ1n) is 3.98. The van der Waals surface area contributed by atoms with Crippen LogP contribution in [0.1, 0.15) is 28.0 Å². The van der Waals surface area contributed by atoms with Crippen LogP contribution < -0.4 is 0 Å². The highest BCUT2D eigenvalue weighted by molar-refractivity contribution is 9.10. The van der Waals surface area contributed by atoms with Crippen LogP contribution in [-0.4, -0.2) is 18.1 Å². The summed E-state index contributed by atoms with van der Waals surface area (Å²) in [6, 6.07) is 2.43. The van der Waals surface area contributed by atoms with Crippen LogP contribution in [0, 0.1) is 11.3 Å². The van der Waals surface area contributed by atoms with Gasteiger partial charge in [0.15, 0.2) is 0 Å². The second-order valence-electron chi connectivity index (χ2n) is 2.67. The van der Waals surface area contributed by atoms with Crippen LogP contribution in [0.25, 0.3) is 0 Å². The lowest BCUT2D eigenvalue weighted by Gasteiger charge is -2.06. The van der Waals surface area contributed by atoms with E-state index in [1.54, 1.807) is 6.07 Å². The van der Waals surface area contributed by atoms with Gasteiger partial charge in [-0.2, -0.15) is 5.26 Å². The monoisotopic (exact) mass is 290 g/mol. The van der Waals surface area contributed by atoms with E-state index in [-0.39, 0.29) is 15.9 Å². The van der Waals surface area contributed by atoms with Gasteiger partial charge in [-0.15, -0.1) is 0 Å². The third-order valence-electron chi connectivity index (χ3n) is 1.75. The number of rotatable bonds is 2. The molecule has 0 atom stereocenters. The summed E-state index contributed by atoms with van der Waals surface area (Å²) in [5, 5.41) is 8.67. The van der Waals surface area contributed by atoms with Crippen LogP contribution in [-0.2, 0) is 4.74 Å². The molecule has 0 aliphatic rings. The summed E-state index contributed by atoms with van der Waals surface area (Å²) in [7, 11) is 1.11. The Balaban J connectivity index is 3.41. The van der Waals surface area contributed by atoms with Crippen molar-refractivity contribution in [3.63, 3.8) is 0 Å². The predicted molar refractivity (Wildman–Crippen MR) is 52.9 cm³/mol. The first-order chi connectivity index (χ1) is 7.51. The first-order valence-corrected chi connectivity index (χ1v) is 4.77. The largest absolute Gasteiger partial charge is 0.464 e. The molecule has 0 aliphatic carbocycles. The number of halogens is 3. The number of ether oxygens (including phenoxy) is 1. The molecule has 1 aromatic heterocycles. The molecular formula is C9H5BrF2N2O2. The summed E-state index contributed by atoms with van der Waals surface area (Å²) < 4.78 is 29.4. The number of aromatic nitrogens is 1. The minimum absolute atomic E-state index is 0.104. The molecule has 1 rings (SSSR count). The number of nitriles is 1. The van der Waals surface area contributed by atoms with Crippen molar-refractivity contribution in [2.75, 3.05) is 7.11 Å². The molecule has 1 aromatic rings. The van der Waals surface area contributed by atoms with Gasteiger partial charge in [0, 0.05) is 5.56 Å². The van der Waals surface area contributed by atoms with Crippen LogP contribution in [0.15, 0.2) is 10.7 Å². The minimum Gasteiger partial charge on any atom is -0.464 e. The summed E-state index contributed by atoms with van der Waals surface area (Å²) in [5.41, 5.74) is -1.11. The third kappa shape index (κ3) is 2.33. The second kappa shape index (κ2) is 4.99. The normalized spacial score (nSPS) is 10.0. The summed E-state index contributed by atoms with van der Waals surface area (Å²) >= 11 is 2.85. The average Bonchev–Trinajstić information content (AvgIpc) is 2.26. The Labute approximate surface area is 98.0 Å². The quantitative estimate of drug-likeness (QED) is 0.620. The predicted octanol–water partition coefficient (Wildman–Crippen LogP) is 2.44. The van der Waals surface area contributed by atoms with Gasteiger partial charge in [0.05, 0.1) is 12.7 Å². The van der Waals surface area contributed by atoms with Crippen LogP contribution in [0.3, 0.4) is 0 Å². The van der Waals surface area contributed by atoms with E-state index < -0.39 is 18.0 Å². The lowest BCUT2D eigenvalue weighted by atomic mass is 10.1. The van der Waals surface area contributed by atoms with Crippen molar-refractivity contribution < 1.29 is 18.3 Å². The highest BCUT2D eigenvalue weighted by Crippen LogP contribution is 2.27. The van der Waals surface area contributed by atoms with Gasteiger partial charge in [-0.25, -0.2) is 18.6 Å². The van der Waals surface area contributed by atoms with Crippen molar-refractivity contribution in [2.45, 2.75) is 6.43 Å². The molecule has 0 saturated carbocycles. The molecule has 0 fully saturated rings. The van der Waals surface area contributed by atoms with Crippen LogP contribution >= 0.6 is 15.9 Å². The molecule has 16 heavy (non-hydrogen) atoms. The molecule has 4 nitrogen and oxygen atoms in total. The first kappa shape index (κ1) is 12.5. The molecular weight excluding hydrogens is 286 g/mol. The number of pyridine rings is 1. The van der Waals surface area contributed by atoms with Gasteiger partial charge in [-0.1, -0.05) is 0 Å². The Morgan fingerprint density at radius 2 is 2.31 bits per heavy atom. The molecule has 0 saturated heterocycles. The van der Waals surface area contributed by atoms with Gasteiger partial charge in [-0.3, -0.25) is 0 Å². The zero-order valence-electron chi connectivity index (χ0n) is 8.00. The van der Waals surface area contributed by atoms with Crippen LogP contribution in [0.5, 0.6) is 0 Å². The van der Waals surface area contributed by atoms with E-state index in [1.807, 2.05) is 0 Å². The Bertz CT molecular complexity index is 471. The maximum Gasteiger partial charge on any atom is 0.356 e. The molecule has 0 unspecified atom stereocenters. The van der Waals surface area contributed by atoms with Crippen molar-refractivity contribution >= 4 is 21.9 Å². The molecule has 1 heterocycles. The van der Waals surface area contributed by atoms with E-state index in [4.69, 9.17) is 5.26 Å². The number of carbonyl (C=O) groups excluding carboxylic acids is 1. The fourth-order valence-electron chi connectivity index (χ4n) is 1.02. The molecule has 0 bridgehead atoms. The average molecular weight is 291 g/mol. The van der Waals surface area contributed by atoms with Crippen molar-refractivity contribution in [1.82, 2.24) is 4.98 Å². The number of esters is 1. The molecule has 0 N–H and O–H groups in total. The number of methoxy groups -OCH3 is 1. The Hall–Kier alpha value is -1.55. The standard InChI is InChI=1S/C9H5BrF2N2O2/c1-16-9(15)6-2-4(8(11)12)5(3-13)7(10)14-6/h2,8H,1H3. The number of carbonyl (C=O) groups is 1. The lowest BCUT2D eigenvalue weighted by molar-refractivity contribution is 0.0593. The molecule has 84 valence electrons. The second-order valence-corrected chi connectivity index (χ2v) is 3.42. The molecule has 0 spiro atoms. The lowest BCUT2D eigenvalue weighted by Crippen LogP contribution is -2.07. The number of alkyl halides is 2. The van der Waals surface area contributed by atoms with Crippen LogP contribution in [0.4, 0.5) is 8.78 Å². The van der Waals surface area contributed by atoms with E-state index in [2.05, 4.69) is 25.7 Å². The number of nitrogens with zero attached hydrogens (tertiary/aromatic N) is 2. The summed E-state index contributed by atoms with van der Waals surface area (Å²) in [4.78, 5) is 14.8. The van der Waals surface area contributed by atoms with E-state index in [1.165, 1.54) is 0 Å². The smallest absolute Gasteiger partial charge is 0.356 e. The fourth-order valence-corrected chi connectivity index (χ4v) is 1.53. The summed E-state index contributed by atoms with van der Waals surface area (Å²) in [5.74, 6) is -0.841. The SMILES string of the molecule is COC(=O)c1cc(C(F)F)c(C#N)c(Br)n1. The van der Waals surface area contributed by atoms with Crippen LogP contribution in [0.2, 0.25) is 0 Å². The van der Waals surface area contributed by atoms with Crippen molar-refractivity contribution in [2.24, 2.45) is 0 Å². The van der Waals surface area contributed by atoms with E-state index >= 15 is 0 Å². The minimum atomic E-state index is -2.86. The number of hydrogen-bond acceptors (Lipinski definition) is 4. The molecule has 0 aliphatic heterocycles. The molecule has 7 heteroatoms. The van der Waals surface area contributed by atoms with E-state index in [9.17, 15) is 13.6 Å². The highest BCUT2D eigenvalue weighted by Gasteiger charge is 2.21. The molecule has 0 amide bonds. The Morgan fingerprint density at radius 1 is 1.69 bits per heavy atom. The third-order valence-corrected chi connectivity index (χ3v) is 2.32. The van der Waals surface area contributed by atoms with E-state index in [0.717, 1.165) is 13.2 Å². The van der Waals surface area contributed by atoms with Crippen molar-refractivity contribution in [3.8, 4) is 6.07 Å². The summed E-state index contributed by atoms with van der Waals surface area (Å²) in [6.45, 7) is 0.